The van der Waals surface area contributed by atoms with Gasteiger partial charge in [-0.25, -0.2) is 0 Å². The molecule has 5 heteroatoms. The monoisotopic (exact) mass is 349 g/mol. The first kappa shape index (κ1) is 13.2. The number of nitrogens with zero attached hydrogens (tertiary/aromatic N) is 1. The summed E-state index contributed by atoms with van der Waals surface area (Å²) < 4.78 is 0.905. The summed E-state index contributed by atoms with van der Waals surface area (Å²) in [5.41, 5.74) is 1.50. The van der Waals surface area contributed by atoms with Crippen molar-refractivity contribution in [2.24, 2.45) is 0 Å². The maximum Gasteiger partial charge on any atom is 0.102 e. The largest absolute Gasteiger partial charge is 0.258 e. The third kappa shape index (κ3) is 2.94. The zero-order valence-corrected chi connectivity index (χ0v) is 12.4. The molecule has 0 aliphatic heterocycles. The minimum Gasteiger partial charge on any atom is -0.258 e. The fourth-order valence-electron chi connectivity index (χ4n) is 1.41. The first-order valence-corrected chi connectivity index (χ1v) is 6.77. The first-order chi connectivity index (χ1) is 8.09. The lowest BCUT2D eigenvalue weighted by Gasteiger charge is -2.12. The van der Waals surface area contributed by atoms with Gasteiger partial charge in [0.05, 0.1) is 15.7 Å². The van der Waals surface area contributed by atoms with E-state index in [4.69, 9.17) is 34.8 Å². The Labute approximate surface area is 123 Å². The van der Waals surface area contributed by atoms with Crippen molar-refractivity contribution in [1.29, 1.82) is 0 Å². The maximum absolute atomic E-state index is 6.34. The number of halogens is 4. The van der Waals surface area contributed by atoms with Gasteiger partial charge in [0.25, 0.3) is 0 Å². The Hall–Kier alpha value is -0.280. The van der Waals surface area contributed by atoms with Crippen molar-refractivity contribution >= 4 is 50.7 Å². The number of hydrogen-bond acceptors (Lipinski definition) is 1. The Kier molecular flexibility index (Phi) is 4.31. The maximum atomic E-state index is 6.34. The van der Waals surface area contributed by atoms with Gasteiger partial charge in [-0.05, 0) is 39.7 Å². The van der Waals surface area contributed by atoms with Crippen LogP contribution < -0.4 is 0 Å². The van der Waals surface area contributed by atoms with Crippen LogP contribution in [0.5, 0.6) is 0 Å². The Balaban J connectivity index is 2.40. The van der Waals surface area contributed by atoms with Crippen molar-refractivity contribution < 1.29 is 0 Å². The van der Waals surface area contributed by atoms with Gasteiger partial charge in [-0.15, -0.1) is 11.6 Å². The van der Waals surface area contributed by atoms with E-state index in [1.54, 1.807) is 12.3 Å². The third-order valence-electron chi connectivity index (χ3n) is 2.26. The van der Waals surface area contributed by atoms with Gasteiger partial charge in [0, 0.05) is 10.7 Å². The number of rotatable bonds is 2. The van der Waals surface area contributed by atoms with Gasteiger partial charge in [-0.1, -0.05) is 35.3 Å². The number of pyridine rings is 1. The fourth-order valence-corrected chi connectivity index (χ4v) is 2.43. The van der Waals surface area contributed by atoms with E-state index in [-0.39, 0.29) is 0 Å². The van der Waals surface area contributed by atoms with Gasteiger partial charge < -0.3 is 0 Å². The average Bonchev–Trinajstić information content (AvgIpc) is 2.33. The van der Waals surface area contributed by atoms with Crippen LogP contribution in [-0.4, -0.2) is 4.98 Å². The molecule has 88 valence electrons. The molecule has 0 aliphatic carbocycles. The van der Waals surface area contributed by atoms with E-state index in [9.17, 15) is 0 Å². The van der Waals surface area contributed by atoms with Crippen molar-refractivity contribution in [2.45, 2.75) is 5.38 Å². The molecule has 1 atom stereocenters. The molecule has 1 heterocycles. The molecule has 0 radical (unpaired) electrons. The molecule has 0 unspecified atom stereocenters. The van der Waals surface area contributed by atoms with Crippen molar-refractivity contribution in [3.8, 4) is 0 Å². The second-order valence-electron chi connectivity index (χ2n) is 3.41. The summed E-state index contributed by atoms with van der Waals surface area (Å²) in [6.45, 7) is 0. The van der Waals surface area contributed by atoms with Crippen LogP contribution in [-0.2, 0) is 0 Å². The van der Waals surface area contributed by atoms with Crippen molar-refractivity contribution in [1.82, 2.24) is 4.98 Å². The molecule has 0 amide bonds. The summed E-state index contributed by atoms with van der Waals surface area (Å²) in [4.78, 5) is 4.24. The molecule has 0 spiro atoms. The predicted molar refractivity (Wildman–Crippen MR) is 76.1 cm³/mol. The van der Waals surface area contributed by atoms with Crippen LogP contribution in [0.25, 0.3) is 0 Å². The second kappa shape index (κ2) is 5.57. The van der Waals surface area contributed by atoms with Crippen molar-refractivity contribution in [3.63, 3.8) is 0 Å². The molecule has 0 aliphatic rings. The topological polar surface area (TPSA) is 12.9 Å². The Morgan fingerprint density at radius 2 is 1.88 bits per heavy atom. The normalized spacial score (nSPS) is 12.5. The van der Waals surface area contributed by atoms with Crippen LogP contribution in [0.3, 0.4) is 0 Å². The number of hydrogen-bond donors (Lipinski definition) is 0. The summed E-state index contributed by atoms with van der Waals surface area (Å²) in [5.74, 6) is 0. The second-order valence-corrected chi connectivity index (χ2v) is 5.54. The van der Waals surface area contributed by atoms with E-state index in [0.717, 1.165) is 15.7 Å². The summed E-state index contributed by atoms with van der Waals surface area (Å²) >= 11 is 21.7. The molecule has 0 saturated carbocycles. The summed E-state index contributed by atoms with van der Waals surface area (Å²) in [6.07, 6.45) is 1.70. The van der Waals surface area contributed by atoms with Gasteiger partial charge >= 0.3 is 0 Å². The zero-order chi connectivity index (χ0) is 12.4. The van der Waals surface area contributed by atoms with E-state index in [1.807, 2.05) is 24.3 Å². The summed E-state index contributed by atoms with van der Waals surface area (Å²) in [7, 11) is 0. The molecule has 1 nitrogen and oxygen atoms in total. The lowest BCUT2D eigenvalue weighted by molar-refractivity contribution is 1.03. The van der Waals surface area contributed by atoms with Crippen LogP contribution >= 0.6 is 50.7 Å². The molecule has 2 aromatic rings. The SMILES string of the molecule is Clc1cccc([C@H](Cl)c2ccc(Br)cn2)c1Cl. The third-order valence-corrected chi connectivity index (χ3v) is 4.03. The van der Waals surface area contributed by atoms with E-state index in [1.165, 1.54) is 0 Å². The molecule has 0 fully saturated rings. The van der Waals surface area contributed by atoms with Crippen LogP contribution in [0, 0.1) is 0 Å². The summed E-state index contributed by atoms with van der Waals surface area (Å²) in [6, 6.07) is 9.12. The Morgan fingerprint density at radius 3 is 2.53 bits per heavy atom. The van der Waals surface area contributed by atoms with Crippen LogP contribution in [0.4, 0.5) is 0 Å². The Bertz CT molecular complexity index is 528. The van der Waals surface area contributed by atoms with Gasteiger partial charge in [0.1, 0.15) is 5.38 Å². The lowest BCUT2D eigenvalue weighted by Crippen LogP contribution is -1.97. The van der Waals surface area contributed by atoms with Crippen molar-refractivity contribution in [3.05, 3.63) is 62.3 Å². The lowest BCUT2D eigenvalue weighted by atomic mass is 10.1. The number of aromatic nitrogens is 1. The highest BCUT2D eigenvalue weighted by Crippen LogP contribution is 2.36. The fraction of sp³-hybridized carbons (Fsp3) is 0.0833. The smallest absolute Gasteiger partial charge is 0.102 e. The van der Waals surface area contributed by atoms with Crippen LogP contribution in [0.15, 0.2) is 41.0 Å². The summed E-state index contributed by atoms with van der Waals surface area (Å²) in [5, 5.41) is 0.556. The highest BCUT2D eigenvalue weighted by molar-refractivity contribution is 9.10. The molecule has 1 aromatic carbocycles. The number of benzene rings is 1. The van der Waals surface area contributed by atoms with E-state index in [2.05, 4.69) is 20.9 Å². The Morgan fingerprint density at radius 1 is 1.12 bits per heavy atom. The van der Waals surface area contributed by atoms with E-state index in [0.29, 0.717) is 10.0 Å². The quantitative estimate of drug-likeness (QED) is 0.653. The first-order valence-electron chi connectivity index (χ1n) is 4.79. The van der Waals surface area contributed by atoms with Gasteiger partial charge in [-0.3, -0.25) is 4.98 Å². The molecule has 17 heavy (non-hydrogen) atoms. The average molecular weight is 351 g/mol. The molecule has 0 saturated heterocycles. The van der Waals surface area contributed by atoms with Gasteiger partial charge in [-0.2, -0.15) is 0 Å². The minimum atomic E-state index is -0.408. The molecule has 1 aromatic heterocycles. The number of alkyl halides is 1. The van der Waals surface area contributed by atoms with E-state index < -0.39 is 5.38 Å². The molecule has 2 rings (SSSR count). The van der Waals surface area contributed by atoms with Gasteiger partial charge in [0.15, 0.2) is 0 Å². The molecular weight excluding hydrogens is 344 g/mol. The van der Waals surface area contributed by atoms with Crippen LogP contribution in [0.2, 0.25) is 10.0 Å². The van der Waals surface area contributed by atoms with Crippen molar-refractivity contribution in [2.75, 3.05) is 0 Å². The van der Waals surface area contributed by atoms with Gasteiger partial charge in [0.2, 0.25) is 0 Å². The standard InChI is InChI=1S/C12H7BrCl3N/c13-7-4-5-10(17-6-7)12(16)8-2-1-3-9(14)11(8)15/h1-6,12H/t12-/m0/s1. The molecule has 0 N–H and O–H groups in total. The minimum absolute atomic E-state index is 0.408. The zero-order valence-electron chi connectivity index (χ0n) is 8.50. The highest BCUT2D eigenvalue weighted by Gasteiger charge is 2.16. The van der Waals surface area contributed by atoms with E-state index >= 15 is 0 Å². The van der Waals surface area contributed by atoms with Crippen LogP contribution in [0.1, 0.15) is 16.6 Å². The molecular formula is C12H7BrCl3N. The highest BCUT2D eigenvalue weighted by atomic mass is 79.9. The predicted octanol–water partition coefficient (Wildman–Crippen LogP) is 5.48. The molecule has 0 bridgehead atoms.